The second-order valence-electron chi connectivity index (χ2n) is 3.88. The van der Waals surface area contributed by atoms with Gasteiger partial charge in [-0.15, -0.1) is 5.10 Å². The summed E-state index contributed by atoms with van der Waals surface area (Å²) in [5.41, 5.74) is -0.823. The van der Waals surface area contributed by atoms with Gasteiger partial charge in [0, 0.05) is 12.6 Å². The Bertz CT molecular complexity index is 626. The van der Waals surface area contributed by atoms with Crippen LogP contribution in [0.5, 0.6) is 0 Å². The highest BCUT2D eigenvalue weighted by atomic mass is 32.2. The minimum atomic E-state index is -4.46. The Hall–Kier alpha value is -1.90. The van der Waals surface area contributed by atoms with E-state index in [1.165, 1.54) is 16.8 Å². The monoisotopic (exact) mass is 302 g/mol. The molecule has 0 saturated heterocycles. The summed E-state index contributed by atoms with van der Waals surface area (Å²) in [6.07, 6.45) is -4.46. The van der Waals surface area contributed by atoms with Crippen molar-refractivity contribution in [3.8, 4) is 0 Å². The molecule has 0 radical (unpaired) electrons. The van der Waals surface area contributed by atoms with Gasteiger partial charge < -0.3 is 0 Å². The summed E-state index contributed by atoms with van der Waals surface area (Å²) in [4.78, 5) is 11.9. The number of carbonyl (C=O) groups is 1. The van der Waals surface area contributed by atoms with Gasteiger partial charge in [-0.05, 0) is 22.6 Å². The van der Waals surface area contributed by atoms with Crippen LogP contribution in [0.1, 0.15) is 15.9 Å². The number of benzene rings is 1. The predicted octanol–water partition coefficient (Wildman–Crippen LogP) is 2.20. The number of tetrazole rings is 1. The lowest BCUT2D eigenvalue weighted by atomic mass is 10.1. The van der Waals surface area contributed by atoms with Crippen molar-refractivity contribution in [1.29, 1.82) is 0 Å². The molecule has 0 amide bonds. The average Bonchev–Trinajstić information content (AvgIpc) is 2.81. The molecular formula is C11H9F3N4OS. The maximum atomic E-state index is 12.5. The fourth-order valence-corrected chi connectivity index (χ4v) is 2.17. The van der Waals surface area contributed by atoms with Crippen molar-refractivity contribution >= 4 is 17.5 Å². The van der Waals surface area contributed by atoms with Crippen molar-refractivity contribution in [2.45, 2.75) is 11.3 Å². The predicted molar refractivity (Wildman–Crippen MR) is 65.3 cm³/mol. The number of aryl methyl sites for hydroxylation is 1. The average molecular weight is 302 g/mol. The number of aromatic nitrogens is 4. The molecule has 0 aliphatic rings. The van der Waals surface area contributed by atoms with Crippen molar-refractivity contribution < 1.29 is 18.0 Å². The molecule has 0 N–H and O–H groups in total. The molecule has 0 bridgehead atoms. The zero-order chi connectivity index (χ0) is 14.8. The van der Waals surface area contributed by atoms with E-state index in [9.17, 15) is 18.0 Å². The minimum Gasteiger partial charge on any atom is -0.293 e. The first kappa shape index (κ1) is 14.5. The number of thioether (sulfide) groups is 1. The van der Waals surface area contributed by atoms with E-state index in [-0.39, 0.29) is 11.3 Å². The fourth-order valence-electron chi connectivity index (χ4n) is 1.43. The second kappa shape index (κ2) is 5.61. The zero-order valence-corrected chi connectivity index (χ0v) is 11.1. The lowest BCUT2D eigenvalue weighted by Crippen LogP contribution is -2.09. The van der Waals surface area contributed by atoms with E-state index in [1.54, 1.807) is 7.05 Å². The fraction of sp³-hybridized carbons (Fsp3) is 0.273. The van der Waals surface area contributed by atoms with E-state index in [0.29, 0.717) is 5.16 Å². The van der Waals surface area contributed by atoms with Crippen LogP contribution in [0.2, 0.25) is 0 Å². The Labute approximate surface area is 116 Å². The van der Waals surface area contributed by atoms with Crippen LogP contribution in [0, 0.1) is 0 Å². The third-order valence-corrected chi connectivity index (χ3v) is 3.44. The van der Waals surface area contributed by atoms with Crippen molar-refractivity contribution in [3.05, 3.63) is 35.4 Å². The van der Waals surface area contributed by atoms with E-state index in [1.807, 2.05) is 0 Å². The number of Topliss-reactive ketones (excluding diaryl/α,β-unsaturated/α-hetero) is 1. The van der Waals surface area contributed by atoms with Crippen LogP contribution >= 0.6 is 11.8 Å². The molecule has 2 aromatic rings. The SMILES string of the molecule is Cn1nnnc1SCC(=O)c1cccc(C(F)(F)F)c1. The van der Waals surface area contributed by atoms with Gasteiger partial charge in [0.05, 0.1) is 11.3 Å². The first-order valence-corrected chi connectivity index (χ1v) is 6.42. The standard InChI is InChI=1S/C11H9F3N4OS/c1-18-10(15-16-17-18)20-6-9(19)7-3-2-4-8(5-7)11(12,13)14/h2-5H,6H2,1H3. The summed E-state index contributed by atoms with van der Waals surface area (Å²) in [6.45, 7) is 0. The second-order valence-corrected chi connectivity index (χ2v) is 4.82. The number of rotatable bonds is 4. The molecule has 0 atom stereocenters. The van der Waals surface area contributed by atoms with Gasteiger partial charge in [-0.1, -0.05) is 23.9 Å². The first-order chi connectivity index (χ1) is 9.38. The van der Waals surface area contributed by atoms with Gasteiger partial charge in [-0.3, -0.25) is 4.79 Å². The molecule has 2 rings (SSSR count). The van der Waals surface area contributed by atoms with Crippen LogP contribution in [0.15, 0.2) is 29.4 Å². The van der Waals surface area contributed by atoms with E-state index in [4.69, 9.17) is 0 Å². The summed E-state index contributed by atoms with van der Waals surface area (Å²) in [7, 11) is 1.61. The van der Waals surface area contributed by atoms with Gasteiger partial charge in [-0.25, -0.2) is 4.68 Å². The Morgan fingerprint density at radius 1 is 1.40 bits per heavy atom. The molecule has 1 heterocycles. The van der Waals surface area contributed by atoms with E-state index in [0.717, 1.165) is 23.9 Å². The molecule has 1 aromatic heterocycles. The first-order valence-electron chi connectivity index (χ1n) is 5.43. The maximum absolute atomic E-state index is 12.5. The molecular weight excluding hydrogens is 293 g/mol. The molecule has 0 aliphatic carbocycles. The highest BCUT2D eigenvalue weighted by molar-refractivity contribution is 7.99. The smallest absolute Gasteiger partial charge is 0.293 e. The molecule has 106 valence electrons. The quantitative estimate of drug-likeness (QED) is 0.640. The third-order valence-electron chi connectivity index (χ3n) is 2.43. The molecule has 20 heavy (non-hydrogen) atoms. The molecule has 5 nitrogen and oxygen atoms in total. The van der Waals surface area contributed by atoms with Gasteiger partial charge in [0.1, 0.15) is 0 Å². The van der Waals surface area contributed by atoms with Crippen LogP contribution in [0.25, 0.3) is 0 Å². The maximum Gasteiger partial charge on any atom is 0.416 e. The van der Waals surface area contributed by atoms with Crippen molar-refractivity contribution in [1.82, 2.24) is 20.2 Å². The van der Waals surface area contributed by atoms with Gasteiger partial charge in [-0.2, -0.15) is 13.2 Å². The van der Waals surface area contributed by atoms with E-state index in [2.05, 4.69) is 15.5 Å². The summed E-state index contributed by atoms with van der Waals surface area (Å²) in [5.74, 6) is -0.445. The number of nitrogens with zero attached hydrogens (tertiary/aromatic N) is 4. The van der Waals surface area contributed by atoms with E-state index >= 15 is 0 Å². The van der Waals surface area contributed by atoms with E-state index < -0.39 is 17.5 Å². The third kappa shape index (κ3) is 3.35. The molecule has 0 aliphatic heterocycles. The molecule has 0 fully saturated rings. The van der Waals surface area contributed by atoms with Gasteiger partial charge in [0.2, 0.25) is 5.16 Å². The van der Waals surface area contributed by atoms with Gasteiger partial charge >= 0.3 is 6.18 Å². The van der Waals surface area contributed by atoms with Gasteiger partial charge in [0.25, 0.3) is 0 Å². The number of ketones is 1. The molecule has 9 heteroatoms. The summed E-state index contributed by atoms with van der Waals surface area (Å²) < 4.78 is 39.0. The van der Waals surface area contributed by atoms with Crippen molar-refractivity contribution in [2.24, 2.45) is 7.05 Å². The zero-order valence-electron chi connectivity index (χ0n) is 10.3. The van der Waals surface area contributed by atoms with Gasteiger partial charge in [0.15, 0.2) is 5.78 Å². The van der Waals surface area contributed by atoms with Crippen molar-refractivity contribution in [3.63, 3.8) is 0 Å². The summed E-state index contributed by atoms with van der Waals surface area (Å²) in [5, 5.41) is 11.1. The largest absolute Gasteiger partial charge is 0.416 e. The molecule has 1 aromatic carbocycles. The Balaban J connectivity index is 2.08. The molecule has 0 unspecified atom stereocenters. The van der Waals surface area contributed by atoms with Crippen LogP contribution < -0.4 is 0 Å². The number of carbonyl (C=O) groups excluding carboxylic acids is 1. The van der Waals surface area contributed by atoms with Crippen LogP contribution in [0.3, 0.4) is 0 Å². The molecule has 0 spiro atoms. The van der Waals surface area contributed by atoms with Crippen molar-refractivity contribution in [2.75, 3.05) is 5.75 Å². The molecule has 0 saturated carbocycles. The highest BCUT2D eigenvalue weighted by Gasteiger charge is 2.30. The number of hydrogen-bond donors (Lipinski definition) is 0. The number of hydrogen-bond acceptors (Lipinski definition) is 5. The topological polar surface area (TPSA) is 60.7 Å². The number of halogens is 3. The van der Waals surface area contributed by atoms with Crippen LogP contribution in [0.4, 0.5) is 13.2 Å². The van der Waals surface area contributed by atoms with Crippen LogP contribution in [-0.2, 0) is 13.2 Å². The Morgan fingerprint density at radius 3 is 2.75 bits per heavy atom. The van der Waals surface area contributed by atoms with Crippen LogP contribution in [-0.4, -0.2) is 31.7 Å². The Kier molecular flexibility index (Phi) is 4.07. The summed E-state index contributed by atoms with van der Waals surface area (Å²) in [6, 6.07) is 4.34. The number of alkyl halides is 3. The normalized spacial score (nSPS) is 11.6. The highest BCUT2D eigenvalue weighted by Crippen LogP contribution is 2.29. The minimum absolute atomic E-state index is 0.0162. The summed E-state index contributed by atoms with van der Waals surface area (Å²) >= 11 is 1.07. The Morgan fingerprint density at radius 2 is 2.15 bits per heavy atom. The lowest BCUT2D eigenvalue weighted by Gasteiger charge is -2.07. The lowest BCUT2D eigenvalue weighted by molar-refractivity contribution is -0.137.